The summed E-state index contributed by atoms with van der Waals surface area (Å²) in [4.78, 5) is 0. The lowest BCUT2D eigenvalue weighted by Crippen LogP contribution is -2.49. The third-order valence-corrected chi connectivity index (χ3v) is 9.89. The third-order valence-electron chi connectivity index (χ3n) is 4.32. The van der Waals surface area contributed by atoms with Crippen LogP contribution in [0.25, 0.3) is 0 Å². The van der Waals surface area contributed by atoms with Crippen molar-refractivity contribution in [1.82, 2.24) is 5.06 Å². The van der Waals surface area contributed by atoms with Gasteiger partial charge < -0.3 is 18.1 Å². The van der Waals surface area contributed by atoms with Crippen LogP contribution in [0, 0.1) is 0 Å². The highest BCUT2D eigenvalue weighted by Gasteiger charge is 2.68. The zero-order valence-electron chi connectivity index (χ0n) is 15.4. The van der Waals surface area contributed by atoms with Crippen LogP contribution in [-0.4, -0.2) is 42.1 Å². The van der Waals surface area contributed by atoms with Crippen molar-refractivity contribution in [2.24, 2.45) is 0 Å². The summed E-state index contributed by atoms with van der Waals surface area (Å²) in [6.07, 6.45) is 0.406. The molecule has 1 saturated heterocycles. The Morgan fingerprint density at radius 1 is 0.750 bits per heavy atom. The molecule has 1 rings (SSSR count). The molecule has 0 N–H and O–H groups in total. The zero-order chi connectivity index (χ0) is 18.6. The Hall–Kier alpha value is 0.220. The van der Waals surface area contributed by atoms with Crippen molar-refractivity contribution in [2.45, 2.75) is 64.9 Å². The van der Waals surface area contributed by atoms with Crippen LogP contribution in [0.5, 0.6) is 0 Å². The summed E-state index contributed by atoms with van der Waals surface area (Å²) in [5.74, 6) is 0. The van der Waals surface area contributed by atoms with Gasteiger partial charge in [0, 0.05) is 0 Å². The molecule has 0 saturated carbocycles. The van der Waals surface area contributed by atoms with Crippen molar-refractivity contribution in [3.05, 3.63) is 0 Å². The molecule has 0 bridgehead atoms. The van der Waals surface area contributed by atoms with Crippen LogP contribution in [-0.2, 0) is 32.4 Å². The molecule has 1 radical (unpaired) electrons. The van der Waals surface area contributed by atoms with Crippen molar-refractivity contribution in [3.8, 4) is 0 Å². The Morgan fingerprint density at radius 2 is 1.00 bits per heavy atom. The van der Waals surface area contributed by atoms with Crippen LogP contribution in [0.1, 0.15) is 54.4 Å². The lowest BCUT2D eigenvalue weighted by molar-refractivity contribution is -0.220. The van der Waals surface area contributed by atoms with Gasteiger partial charge in [-0.3, -0.25) is 9.13 Å². The first-order valence-electron chi connectivity index (χ1n) is 8.36. The second kappa shape index (κ2) is 8.28. The first-order chi connectivity index (χ1) is 11.1. The van der Waals surface area contributed by atoms with Gasteiger partial charge in [0.15, 0.2) is 0 Å². The quantitative estimate of drug-likeness (QED) is 0.514. The minimum absolute atomic E-state index is 0.145. The molecule has 0 aliphatic carbocycles. The molecule has 10 heteroatoms. The van der Waals surface area contributed by atoms with E-state index in [1.54, 1.807) is 27.7 Å². The van der Waals surface area contributed by atoms with Crippen LogP contribution < -0.4 is 0 Å². The summed E-state index contributed by atoms with van der Waals surface area (Å²) in [5.41, 5.74) is 0. The van der Waals surface area contributed by atoms with E-state index in [0.29, 0.717) is 5.06 Å². The van der Waals surface area contributed by atoms with E-state index in [4.69, 9.17) is 18.1 Å². The first-order valence-corrected chi connectivity index (χ1v) is 11.4. The van der Waals surface area contributed by atoms with Crippen LogP contribution >= 0.6 is 15.2 Å². The molecule has 0 spiro atoms. The molecule has 143 valence electrons. The molecule has 1 fully saturated rings. The van der Waals surface area contributed by atoms with E-state index in [2.05, 4.69) is 0 Å². The topological polar surface area (TPSA) is 94.2 Å². The summed E-state index contributed by atoms with van der Waals surface area (Å²) < 4.78 is 47.9. The number of rotatable bonds is 10. The molecule has 1 aliphatic heterocycles. The summed E-state index contributed by atoms with van der Waals surface area (Å²) in [5, 5.41) is 10.9. The van der Waals surface area contributed by atoms with Crippen LogP contribution in [0.2, 0.25) is 0 Å². The third kappa shape index (κ3) is 3.53. The minimum Gasteiger partial charge on any atom is -0.308 e. The molecule has 0 aromatic rings. The number of hydroxylamine groups is 2. The number of nitrogens with zero attached hydrogens (tertiary/aromatic N) is 1. The maximum absolute atomic E-state index is 13.2. The predicted octanol–water partition coefficient (Wildman–Crippen LogP) is 4.39. The van der Waals surface area contributed by atoms with Crippen molar-refractivity contribution in [2.75, 3.05) is 26.4 Å². The summed E-state index contributed by atoms with van der Waals surface area (Å²) >= 11 is 0. The summed E-state index contributed by atoms with van der Waals surface area (Å²) in [6, 6.07) is 0. The van der Waals surface area contributed by atoms with E-state index in [0.717, 1.165) is 0 Å². The van der Waals surface area contributed by atoms with Gasteiger partial charge in [0.2, 0.25) is 0 Å². The normalized spacial score (nSPS) is 29.3. The lowest BCUT2D eigenvalue weighted by atomic mass is 10.2. The largest absolute Gasteiger partial charge is 0.352 e. The van der Waals surface area contributed by atoms with E-state index in [1.807, 2.05) is 0 Å². The predicted molar refractivity (Wildman–Crippen MR) is 90.3 cm³/mol. The molecule has 1 aliphatic rings. The van der Waals surface area contributed by atoms with Crippen LogP contribution in [0.4, 0.5) is 0 Å². The molecule has 0 unspecified atom stereocenters. The van der Waals surface area contributed by atoms with Gasteiger partial charge in [-0.1, -0.05) is 0 Å². The van der Waals surface area contributed by atoms with Gasteiger partial charge in [0.25, 0.3) is 0 Å². The molecule has 8 nitrogen and oxygen atoms in total. The molecule has 24 heavy (non-hydrogen) atoms. The fourth-order valence-corrected chi connectivity index (χ4v) is 7.36. The van der Waals surface area contributed by atoms with E-state index >= 15 is 0 Å². The Labute approximate surface area is 144 Å². The average molecular weight is 386 g/mol. The fourth-order valence-electron chi connectivity index (χ4n) is 3.00. The highest BCUT2D eigenvalue weighted by molar-refractivity contribution is 7.56. The Bertz CT molecular complexity index is 453. The smallest absolute Gasteiger partial charge is 0.308 e. The Balaban J connectivity index is 3.31. The highest BCUT2D eigenvalue weighted by atomic mass is 31.2. The van der Waals surface area contributed by atoms with Crippen molar-refractivity contribution in [3.63, 3.8) is 0 Å². The fraction of sp³-hybridized carbons (Fsp3) is 1.00. The summed E-state index contributed by atoms with van der Waals surface area (Å²) in [7, 11) is -7.48. The lowest BCUT2D eigenvalue weighted by Gasteiger charge is -2.41. The van der Waals surface area contributed by atoms with E-state index in [9.17, 15) is 14.3 Å². The van der Waals surface area contributed by atoms with Gasteiger partial charge in [0.05, 0.1) is 26.4 Å². The second-order valence-electron chi connectivity index (χ2n) is 5.89. The van der Waals surface area contributed by atoms with Crippen LogP contribution in [0.3, 0.4) is 0 Å². The molecule has 0 aromatic heterocycles. The van der Waals surface area contributed by atoms with Gasteiger partial charge in [-0.15, -0.1) is 10.3 Å². The van der Waals surface area contributed by atoms with Crippen molar-refractivity contribution in [1.29, 1.82) is 0 Å². The average Bonchev–Trinajstić information content (AvgIpc) is 2.76. The monoisotopic (exact) mass is 386 g/mol. The number of hydrogen-bond acceptors (Lipinski definition) is 7. The molecule has 0 amide bonds. The van der Waals surface area contributed by atoms with E-state index < -0.39 is 25.8 Å². The van der Waals surface area contributed by atoms with Crippen molar-refractivity contribution < 1.29 is 32.4 Å². The molecular weight excluding hydrogens is 356 g/mol. The van der Waals surface area contributed by atoms with Gasteiger partial charge >= 0.3 is 15.2 Å². The molecule has 2 atom stereocenters. The zero-order valence-corrected chi connectivity index (χ0v) is 17.2. The van der Waals surface area contributed by atoms with E-state index in [-0.39, 0.29) is 39.3 Å². The molecular formula is C14H30NO7P2. The maximum atomic E-state index is 13.2. The van der Waals surface area contributed by atoms with Gasteiger partial charge in [-0.2, -0.15) is 0 Å². The van der Waals surface area contributed by atoms with E-state index in [1.165, 1.54) is 13.8 Å². The molecule has 0 aromatic carbocycles. The number of hydrogen-bond donors (Lipinski definition) is 0. The van der Waals surface area contributed by atoms with Crippen molar-refractivity contribution >= 4 is 15.2 Å². The van der Waals surface area contributed by atoms with Gasteiger partial charge in [-0.25, -0.2) is 0 Å². The first kappa shape index (κ1) is 22.3. The maximum Gasteiger partial charge on any atom is 0.352 e. The van der Waals surface area contributed by atoms with Gasteiger partial charge in [0.1, 0.15) is 10.6 Å². The standard InChI is InChI=1S/C14H30NO7P2/c1-7-19-23(17,20-8-2)13(5)11-12-14(6,15(13)16)24(18,21-9-3)22-10-4/h7-12H2,1-6H3/t13-,14+. The van der Waals surface area contributed by atoms with Crippen LogP contribution in [0.15, 0.2) is 0 Å². The van der Waals surface area contributed by atoms with Gasteiger partial charge in [-0.05, 0) is 54.4 Å². The Morgan fingerprint density at radius 3 is 1.21 bits per heavy atom. The minimum atomic E-state index is -3.74. The second-order valence-corrected chi connectivity index (χ2v) is 10.8. The Kier molecular flexibility index (Phi) is 7.68. The highest BCUT2D eigenvalue weighted by Crippen LogP contribution is 2.74. The SMILES string of the molecule is CCOP(=O)(OCC)[C@@]1(C)CC[C@@](C)(P(=O)(OCC)OCC)N1[O]. The molecule has 1 heterocycles. The summed E-state index contributed by atoms with van der Waals surface area (Å²) in [6.45, 7) is 10.4.